The van der Waals surface area contributed by atoms with Gasteiger partial charge in [-0.1, -0.05) is 83.9 Å². The molecule has 0 radical (unpaired) electrons. The highest BCUT2D eigenvalue weighted by molar-refractivity contribution is 7.99. The van der Waals surface area contributed by atoms with Crippen molar-refractivity contribution >= 4 is 23.6 Å². The van der Waals surface area contributed by atoms with Crippen LogP contribution < -0.4 is 5.32 Å². The van der Waals surface area contributed by atoms with Crippen LogP contribution in [0.4, 0.5) is 0 Å². The van der Waals surface area contributed by atoms with Crippen molar-refractivity contribution in [2.24, 2.45) is 0 Å². The maximum Gasteiger partial charge on any atom is 0.243 e. The Balaban J connectivity index is 1.88. The lowest BCUT2D eigenvalue weighted by Gasteiger charge is -2.34. The van der Waals surface area contributed by atoms with Crippen LogP contribution in [0.2, 0.25) is 0 Å². The maximum absolute atomic E-state index is 13.8. The second kappa shape index (κ2) is 13.0. The van der Waals surface area contributed by atoms with Crippen LogP contribution >= 0.6 is 11.8 Å². The molecular weight excluding hydrogens is 476 g/mol. The summed E-state index contributed by atoms with van der Waals surface area (Å²) in [5.74, 6) is 0.914. The first-order valence-electron chi connectivity index (χ1n) is 12.9. The largest absolute Gasteiger partial charge is 0.350 e. The van der Waals surface area contributed by atoms with Gasteiger partial charge >= 0.3 is 0 Å². The summed E-state index contributed by atoms with van der Waals surface area (Å²) in [6.45, 7) is 12.5. The summed E-state index contributed by atoms with van der Waals surface area (Å²) in [5, 5.41) is 3.13. The number of nitrogens with zero attached hydrogens (tertiary/aromatic N) is 1. The quantitative estimate of drug-likeness (QED) is 0.339. The fourth-order valence-electron chi connectivity index (χ4n) is 4.47. The summed E-state index contributed by atoms with van der Waals surface area (Å²) < 4.78 is 0. The van der Waals surface area contributed by atoms with Gasteiger partial charge in [-0.05, 0) is 63.8 Å². The number of thioether (sulfide) groups is 1. The van der Waals surface area contributed by atoms with E-state index in [1.165, 1.54) is 16.7 Å². The molecule has 0 saturated heterocycles. The molecule has 4 nitrogen and oxygen atoms in total. The lowest BCUT2D eigenvalue weighted by Crippen LogP contribution is -2.54. The van der Waals surface area contributed by atoms with Gasteiger partial charge in [0.25, 0.3) is 0 Å². The molecule has 0 heterocycles. The van der Waals surface area contributed by atoms with Crippen molar-refractivity contribution in [3.8, 4) is 0 Å². The second-order valence-corrected chi connectivity index (χ2v) is 11.9. The number of carbonyl (C=O) groups excluding carboxylic acids is 2. The number of hydrogen-bond donors (Lipinski definition) is 1. The Kier molecular flexibility index (Phi) is 9.99. The van der Waals surface area contributed by atoms with Crippen LogP contribution in [0, 0.1) is 20.8 Å². The number of aryl methyl sites for hydroxylation is 3. The van der Waals surface area contributed by atoms with E-state index in [1.807, 2.05) is 82.3 Å². The summed E-state index contributed by atoms with van der Waals surface area (Å²) in [7, 11) is 0. The van der Waals surface area contributed by atoms with Gasteiger partial charge in [0.1, 0.15) is 6.04 Å². The predicted molar refractivity (Wildman–Crippen MR) is 156 cm³/mol. The molecule has 196 valence electrons. The van der Waals surface area contributed by atoms with Gasteiger partial charge < -0.3 is 10.2 Å². The van der Waals surface area contributed by atoms with E-state index in [9.17, 15) is 9.59 Å². The number of carbonyl (C=O) groups is 2. The highest BCUT2D eigenvalue weighted by Gasteiger charge is 2.32. The molecule has 2 amide bonds. The van der Waals surface area contributed by atoms with Gasteiger partial charge in [0.2, 0.25) is 11.8 Å². The van der Waals surface area contributed by atoms with Crippen LogP contribution in [0.1, 0.15) is 54.2 Å². The number of nitrogens with one attached hydrogen (secondary N) is 1. The lowest BCUT2D eigenvalue weighted by atomic mass is 10.00. The Morgan fingerprint density at radius 1 is 0.865 bits per heavy atom. The van der Waals surface area contributed by atoms with Crippen LogP contribution in [0.5, 0.6) is 0 Å². The van der Waals surface area contributed by atoms with Crippen molar-refractivity contribution in [3.63, 3.8) is 0 Å². The summed E-state index contributed by atoms with van der Waals surface area (Å²) in [4.78, 5) is 29.2. The molecule has 1 atom stereocenters. The Labute approximate surface area is 226 Å². The number of benzene rings is 3. The topological polar surface area (TPSA) is 49.4 Å². The molecule has 3 aromatic carbocycles. The van der Waals surface area contributed by atoms with Gasteiger partial charge in [-0.25, -0.2) is 0 Å². The Bertz CT molecular complexity index is 1180. The zero-order valence-corrected chi connectivity index (χ0v) is 23.8. The molecule has 0 aliphatic carbocycles. The van der Waals surface area contributed by atoms with Gasteiger partial charge in [0, 0.05) is 24.3 Å². The molecule has 0 bridgehead atoms. The Hall–Kier alpha value is -3.05. The van der Waals surface area contributed by atoms with Crippen LogP contribution in [-0.4, -0.2) is 34.0 Å². The third-order valence-electron chi connectivity index (χ3n) is 6.15. The fraction of sp³-hybridized carbons (Fsp3) is 0.375. The van der Waals surface area contributed by atoms with Crippen LogP contribution in [0.3, 0.4) is 0 Å². The molecule has 5 heteroatoms. The minimum atomic E-state index is -0.615. The first-order valence-corrected chi connectivity index (χ1v) is 14.0. The molecule has 0 aliphatic heterocycles. The van der Waals surface area contributed by atoms with E-state index >= 15 is 0 Å². The smallest absolute Gasteiger partial charge is 0.243 e. The minimum absolute atomic E-state index is 0.0254. The molecule has 0 aromatic heterocycles. The molecule has 0 unspecified atom stereocenters. The van der Waals surface area contributed by atoms with E-state index in [2.05, 4.69) is 37.4 Å². The highest BCUT2D eigenvalue weighted by atomic mass is 32.2. The zero-order valence-electron chi connectivity index (χ0n) is 23.0. The molecular formula is C32H40N2O2S. The van der Waals surface area contributed by atoms with E-state index < -0.39 is 11.6 Å². The number of rotatable bonds is 10. The van der Waals surface area contributed by atoms with Gasteiger partial charge in [0.15, 0.2) is 0 Å². The SMILES string of the molecule is Cc1cc(C)cc(CSCC(=O)N(Cc2ccccc2C)[C@@H](Cc2ccccc2)C(=O)NC(C)(C)C)c1. The van der Waals surface area contributed by atoms with Crippen LogP contribution in [0.25, 0.3) is 0 Å². The molecule has 3 rings (SSSR count). The second-order valence-electron chi connectivity index (χ2n) is 10.9. The molecule has 0 aliphatic rings. The van der Waals surface area contributed by atoms with Crippen LogP contribution in [-0.2, 0) is 28.3 Å². The summed E-state index contributed by atoms with van der Waals surface area (Å²) in [5.41, 5.74) is 6.46. The van der Waals surface area contributed by atoms with Gasteiger partial charge in [-0.15, -0.1) is 11.8 Å². The van der Waals surface area contributed by atoms with E-state index in [4.69, 9.17) is 0 Å². The summed E-state index contributed by atoms with van der Waals surface area (Å²) in [6.07, 6.45) is 0.460. The van der Waals surface area contributed by atoms with Crippen molar-refractivity contribution in [3.05, 3.63) is 106 Å². The standard InChI is InChI=1S/C32H40N2O2S/c1-23-16-24(2)18-27(17-23)21-37-22-30(35)34(20-28-15-11-10-12-25(28)3)29(31(36)33-32(4,5)6)19-26-13-8-7-9-14-26/h7-18,29H,19-22H2,1-6H3,(H,33,36)/t29-/m0/s1. The van der Waals surface area contributed by atoms with Gasteiger partial charge in [-0.2, -0.15) is 0 Å². The molecule has 1 N–H and O–H groups in total. The van der Waals surface area contributed by atoms with Crippen molar-refractivity contribution in [2.45, 2.75) is 71.8 Å². The van der Waals surface area contributed by atoms with Crippen molar-refractivity contribution in [1.82, 2.24) is 10.2 Å². The van der Waals surface area contributed by atoms with Crippen molar-refractivity contribution in [2.75, 3.05) is 5.75 Å². The van der Waals surface area contributed by atoms with Gasteiger partial charge in [0.05, 0.1) is 5.75 Å². The molecule has 37 heavy (non-hydrogen) atoms. The first kappa shape index (κ1) is 28.5. The molecule has 0 spiro atoms. The molecule has 0 fully saturated rings. The predicted octanol–water partition coefficient (Wildman–Crippen LogP) is 6.40. The summed E-state index contributed by atoms with van der Waals surface area (Å²) in [6, 6.07) is 23.9. The molecule has 0 saturated carbocycles. The van der Waals surface area contributed by atoms with Crippen molar-refractivity contribution in [1.29, 1.82) is 0 Å². The summed E-state index contributed by atoms with van der Waals surface area (Å²) >= 11 is 1.60. The van der Waals surface area contributed by atoms with Crippen LogP contribution in [0.15, 0.2) is 72.8 Å². The average molecular weight is 517 g/mol. The van der Waals surface area contributed by atoms with E-state index in [0.717, 1.165) is 22.4 Å². The van der Waals surface area contributed by atoms with Gasteiger partial charge in [-0.3, -0.25) is 9.59 Å². The maximum atomic E-state index is 13.8. The minimum Gasteiger partial charge on any atom is -0.350 e. The Morgan fingerprint density at radius 2 is 1.49 bits per heavy atom. The monoisotopic (exact) mass is 516 g/mol. The number of hydrogen-bond acceptors (Lipinski definition) is 3. The van der Waals surface area contributed by atoms with E-state index in [0.29, 0.717) is 18.7 Å². The number of amides is 2. The Morgan fingerprint density at radius 3 is 2.11 bits per heavy atom. The third kappa shape index (κ3) is 9.08. The first-order chi connectivity index (χ1) is 17.5. The zero-order chi connectivity index (χ0) is 27.0. The normalized spacial score (nSPS) is 12.2. The van der Waals surface area contributed by atoms with E-state index in [1.54, 1.807) is 16.7 Å². The third-order valence-corrected chi connectivity index (χ3v) is 7.14. The average Bonchev–Trinajstić information content (AvgIpc) is 2.81. The fourth-order valence-corrected chi connectivity index (χ4v) is 5.31. The molecule has 3 aromatic rings. The lowest BCUT2D eigenvalue weighted by molar-refractivity contribution is -0.140. The highest BCUT2D eigenvalue weighted by Crippen LogP contribution is 2.21. The van der Waals surface area contributed by atoms with E-state index in [-0.39, 0.29) is 11.8 Å². The van der Waals surface area contributed by atoms with Crippen molar-refractivity contribution < 1.29 is 9.59 Å².